The van der Waals surface area contributed by atoms with Gasteiger partial charge in [0.1, 0.15) is 0 Å². The molecule has 146 valence electrons. The number of carbonyl (C=O) groups is 2. The topological polar surface area (TPSA) is 98.0 Å². The van der Waals surface area contributed by atoms with E-state index in [1.807, 2.05) is 11.6 Å². The maximum atomic E-state index is 12.6. The molecule has 1 aliphatic rings. The van der Waals surface area contributed by atoms with Crippen LogP contribution in [0.1, 0.15) is 23.2 Å². The van der Waals surface area contributed by atoms with Crippen LogP contribution >= 0.6 is 11.3 Å². The van der Waals surface area contributed by atoms with Crippen LogP contribution in [0.2, 0.25) is 0 Å². The van der Waals surface area contributed by atoms with Crippen LogP contribution in [0.15, 0.2) is 23.2 Å². The Morgan fingerprint density at radius 3 is 2.52 bits per heavy atom. The fourth-order valence-corrected chi connectivity index (χ4v) is 5.04. The van der Waals surface area contributed by atoms with Crippen LogP contribution in [0.5, 0.6) is 0 Å². The van der Waals surface area contributed by atoms with Crippen molar-refractivity contribution in [3.63, 3.8) is 0 Å². The number of piperidine rings is 1. The van der Waals surface area contributed by atoms with Gasteiger partial charge in [0.05, 0.1) is 29.1 Å². The highest BCUT2D eigenvalue weighted by Gasteiger charge is 2.28. The van der Waals surface area contributed by atoms with E-state index < -0.39 is 16.0 Å². The Kier molecular flexibility index (Phi) is 5.50. The summed E-state index contributed by atoms with van der Waals surface area (Å²) in [6.45, 7) is 0.678. The minimum absolute atomic E-state index is 0.238. The lowest BCUT2D eigenvalue weighted by Crippen LogP contribution is -2.39. The Morgan fingerprint density at radius 2 is 1.93 bits per heavy atom. The van der Waals surface area contributed by atoms with Gasteiger partial charge in [-0.25, -0.2) is 17.5 Å². The summed E-state index contributed by atoms with van der Waals surface area (Å²) in [7, 11) is -0.0764. The average molecular weight is 412 g/mol. The molecule has 2 heterocycles. The lowest BCUT2D eigenvalue weighted by atomic mass is 9.98. The summed E-state index contributed by atoms with van der Waals surface area (Å²) in [5, 5.41) is 0. The van der Waals surface area contributed by atoms with Gasteiger partial charge in [-0.05, 0) is 31.0 Å². The van der Waals surface area contributed by atoms with E-state index in [4.69, 9.17) is 4.74 Å². The molecular weight excluding hydrogens is 390 g/mol. The van der Waals surface area contributed by atoms with E-state index >= 15 is 0 Å². The number of esters is 1. The predicted octanol–water partition coefficient (Wildman–Crippen LogP) is 1.13. The first-order valence-electron chi connectivity index (χ1n) is 8.42. The summed E-state index contributed by atoms with van der Waals surface area (Å²) in [4.78, 5) is 29.0. The largest absolute Gasteiger partial charge is 0.465 e. The molecule has 1 fully saturated rings. The van der Waals surface area contributed by atoms with Gasteiger partial charge in [0, 0.05) is 26.1 Å². The minimum Gasteiger partial charge on any atom is -0.465 e. The average Bonchev–Trinajstić information content (AvgIpc) is 2.95. The number of amides is 1. The molecule has 8 nitrogen and oxygen atoms in total. The number of ether oxygens (including phenoxy) is 1. The monoisotopic (exact) mass is 411 g/mol. The molecule has 1 aromatic carbocycles. The summed E-state index contributed by atoms with van der Waals surface area (Å²) in [5.74, 6) is -0.933. The van der Waals surface area contributed by atoms with Crippen molar-refractivity contribution in [3.05, 3.63) is 28.6 Å². The van der Waals surface area contributed by atoms with E-state index in [-0.39, 0.29) is 11.8 Å². The molecule has 27 heavy (non-hydrogen) atoms. The van der Waals surface area contributed by atoms with Crippen molar-refractivity contribution in [2.75, 3.05) is 26.5 Å². The number of hydrogen-bond donors (Lipinski definition) is 0. The van der Waals surface area contributed by atoms with Gasteiger partial charge >= 0.3 is 5.97 Å². The lowest BCUT2D eigenvalue weighted by molar-refractivity contribution is -0.122. The first-order valence-corrected chi connectivity index (χ1v) is 11.1. The van der Waals surface area contributed by atoms with E-state index in [0.717, 1.165) is 10.2 Å². The van der Waals surface area contributed by atoms with Crippen molar-refractivity contribution in [1.82, 2.24) is 8.87 Å². The van der Waals surface area contributed by atoms with Crippen molar-refractivity contribution < 1.29 is 22.7 Å². The molecule has 1 saturated heterocycles. The molecule has 0 aliphatic carbocycles. The van der Waals surface area contributed by atoms with E-state index in [1.54, 1.807) is 18.2 Å². The second-order valence-electron chi connectivity index (χ2n) is 6.50. The van der Waals surface area contributed by atoms with E-state index in [0.29, 0.717) is 36.3 Å². The highest BCUT2D eigenvalue weighted by molar-refractivity contribution is 7.88. The minimum atomic E-state index is -3.22. The van der Waals surface area contributed by atoms with Crippen molar-refractivity contribution in [2.45, 2.75) is 12.8 Å². The number of thiazole rings is 1. The Hall–Kier alpha value is -2.04. The summed E-state index contributed by atoms with van der Waals surface area (Å²) in [6.07, 6.45) is 2.12. The molecule has 0 N–H and O–H groups in total. The maximum Gasteiger partial charge on any atom is 0.337 e. The van der Waals surface area contributed by atoms with Crippen LogP contribution < -0.4 is 4.80 Å². The number of aromatic nitrogens is 1. The second kappa shape index (κ2) is 7.53. The summed E-state index contributed by atoms with van der Waals surface area (Å²) < 4.78 is 31.9. The molecule has 3 rings (SSSR count). The van der Waals surface area contributed by atoms with E-state index in [1.165, 1.54) is 29.0 Å². The number of hydrogen-bond acceptors (Lipinski definition) is 6. The Bertz CT molecular complexity index is 1060. The molecule has 0 atom stereocenters. The van der Waals surface area contributed by atoms with Gasteiger partial charge in [0.2, 0.25) is 10.0 Å². The zero-order valence-corrected chi connectivity index (χ0v) is 17.0. The fourth-order valence-electron chi connectivity index (χ4n) is 3.11. The van der Waals surface area contributed by atoms with Crippen molar-refractivity contribution in [2.24, 2.45) is 18.0 Å². The molecule has 0 radical (unpaired) electrons. The van der Waals surface area contributed by atoms with Crippen LogP contribution in [0, 0.1) is 5.92 Å². The van der Waals surface area contributed by atoms with Crippen LogP contribution in [-0.4, -0.2) is 55.6 Å². The molecular formula is C17H21N3O5S2. The fraction of sp³-hybridized carbons (Fsp3) is 0.471. The number of methoxy groups -OCH3 is 1. The predicted molar refractivity (Wildman–Crippen MR) is 102 cm³/mol. The first-order chi connectivity index (χ1) is 12.7. The summed E-state index contributed by atoms with van der Waals surface area (Å²) in [6, 6.07) is 5.19. The Balaban J connectivity index is 1.84. The molecule has 2 aromatic rings. The Morgan fingerprint density at radius 1 is 1.26 bits per heavy atom. The number of carbonyl (C=O) groups excluding carboxylic acids is 2. The Labute approximate surface area is 161 Å². The number of benzene rings is 1. The van der Waals surface area contributed by atoms with Crippen molar-refractivity contribution in [3.8, 4) is 0 Å². The second-order valence-corrected chi connectivity index (χ2v) is 9.50. The molecule has 10 heteroatoms. The molecule has 1 aliphatic heterocycles. The summed E-state index contributed by atoms with van der Waals surface area (Å²) >= 11 is 1.32. The molecule has 1 amide bonds. The van der Waals surface area contributed by atoms with Crippen LogP contribution in [0.3, 0.4) is 0 Å². The third-order valence-electron chi connectivity index (χ3n) is 4.71. The van der Waals surface area contributed by atoms with Gasteiger partial charge in [-0.3, -0.25) is 4.79 Å². The normalized spacial score (nSPS) is 17.4. The van der Waals surface area contributed by atoms with E-state index in [2.05, 4.69) is 4.99 Å². The molecule has 0 spiro atoms. The molecule has 0 unspecified atom stereocenters. The third-order valence-corrected chi connectivity index (χ3v) is 7.11. The van der Waals surface area contributed by atoms with Gasteiger partial charge in [0.15, 0.2) is 4.80 Å². The quantitative estimate of drug-likeness (QED) is 0.705. The highest BCUT2D eigenvalue weighted by atomic mass is 32.2. The third kappa shape index (κ3) is 4.12. The standard InChI is InChI=1S/C17H21N3O5S2/c1-19-13-5-4-12(16(22)25-2)10-14(13)26-17(19)18-15(21)11-6-8-20(9-7-11)27(3,23)24/h4-5,10-11H,6-9H2,1-3H3. The van der Waals surface area contributed by atoms with Crippen LogP contribution in [-0.2, 0) is 26.6 Å². The molecule has 0 bridgehead atoms. The molecule has 1 aromatic heterocycles. The van der Waals surface area contributed by atoms with Crippen LogP contribution in [0.4, 0.5) is 0 Å². The van der Waals surface area contributed by atoms with Gasteiger partial charge in [-0.15, -0.1) is 0 Å². The number of fused-ring (bicyclic) bond motifs is 1. The number of nitrogens with zero attached hydrogens (tertiary/aromatic N) is 3. The van der Waals surface area contributed by atoms with Gasteiger partial charge in [-0.2, -0.15) is 4.99 Å². The van der Waals surface area contributed by atoms with Gasteiger partial charge < -0.3 is 9.30 Å². The van der Waals surface area contributed by atoms with Gasteiger partial charge in [0.25, 0.3) is 5.91 Å². The zero-order valence-electron chi connectivity index (χ0n) is 15.3. The lowest BCUT2D eigenvalue weighted by Gasteiger charge is -2.28. The van der Waals surface area contributed by atoms with Crippen molar-refractivity contribution >= 4 is 43.5 Å². The highest BCUT2D eigenvalue weighted by Crippen LogP contribution is 2.22. The number of rotatable bonds is 3. The molecule has 0 saturated carbocycles. The number of sulfonamides is 1. The van der Waals surface area contributed by atoms with E-state index in [9.17, 15) is 18.0 Å². The number of aryl methyl sites for hydroxylation is 1. The van der Waals surface area contributed by atoms with Crippen molar-refractivity contribution in [1.29, 1.82) is 0 Å². The van der Waals surface area contributed by atoms with Crippen LogP contribution in [0.25, 0.3) is 10.2 Å². The first kappa shape index (κ1) is 19.7. The maximum absolute atomic E-state index is 12.6. The SMILES string of the molecule is COC(=O)c1ccc2c(c1)sc(=NC(=O)C1CCN(S(C)(=O)=O)CC1)n2C. The zero-order chi connectivity index (χ0) is 19.8. The summed E-state index contributed by atoms with van der Waals surface area (Å²) in [5.41, 5.74) is 1.31. The smallest absolute Gasteiger partial charge is 0.337 e. The van der Waals surface area contributed by atoms with Gasteiger partial charge in [-0.1, -0.05) is 11.3 Å².